The van der Waals surface area contributed by atoms with Gasteiger partial charge in [-0.25, -0.2) is 0 Å². The van der Waals surface area contributed by atoms with Crippen LogP contribution >= 0.6 is 0 Å². The van der Waals surface area contributed by atoms with Gasteiger partial charge in [0.2, 0.25) is 0 Å². The molecular weight excluding hydrogens is 645 g/mol. The molecule has 0 aliphatic heterocycles. The summed E-state index contributed by atoms with van der Waals surface area (Å²) in [7, 11) is 0. The molecule has 6 heteroatoms. The molecule has 0 amide bonds. The first kappa shape index (κ1) is 22.4. The van der Waals surface area contributed by atoms with E-state index in [1.165, 1.54) is 44.6 Å². The predicted octanol–water partition coefficient (Wildman–Crippen LogP) is 6.33. The summed E-state index contributed by atoms with van der Waals surface area (Å²) >= 11 is 0.173. The first-order valence-corrected chi connectivity index (χ1v) is 11.5. The van der Waals surface area contributed by atoms with Crippen molar-refractivity contribution in [1.82, 2.24) is 4.98 Å². The number of benzene rings is 3. The van der Waals surface area contributed by atoms with Crippen LogP contribution in [0.2, 0.25) is 0 Å². The SMILES string of the molecule is CC(=O)/C=C(/C)O.[Ir].[c-]1ccc2oc3cccc4[se]c5c6ccccc6cnc5c1c2c34. The van der Waals surface area contributed by atoms with Crippen LogP contribution in [0, 0.1) is 6.07 Å². The van der Waals surface area contributed by atoms with Crippen molar-refractivity contribution in [3.05, 3.63) is 78.7 Å². The van der Waals surface area contributed by atoms with E-state index in [0.29, 0.717) is 0 Å². The van der Waals surface area contributed by atoms with Gasteiger partial charge in [-0.2, -0.15) is 0 Å². The third-order valence-corrected chi connectivity index (χ3v) is 7.50. The van der Waals surface area contributed by atoms with Crippen LogP contribution in [0.3, 0.4) is 0 Å². The van der Waals surface area contributed by atoms with Gasteiger partial charge >= 0.3 is 143 Å². The minimum absolute atomic E-state index is 0. The van der Waals surface area contributed by atoms with E-state index < -0.39 is 0 Å². The molecule has 3 aromatic heterocycles. The van der Waals surface area contributed by atoms with E-state index in [9.17, 15) is 4.79 Å². The van der Waals surface area contributed by atoms with E-state index in [2.05, 4.69) is 48.5 Å². The van der Waals surface area contributed by atoms with Crippen molar-refractivity contribution in [3.8, 4) is 0 Å². The maximum absolute atomic E-state index is 10.0. The van der Waals surface area contributed by atoms with Crippen LogP contribution in [-0.2, 0) is 24.9 Å². The Bertz CT molecular complexity index is 1640. The van der Waals surface area contributed by atoms with Crippen LogP contribution in [0.25, 0.3) is 52.1 Å². The standard InChI is InChI=1S/C21H10NOSe.C5H8O2.Ir/c1-2-6-13-12(5-1)11-22-20-14-7-3-8-15-18(14)19-16(23-15)9-4-10-17(19)24-21(13)20;1-4(6)3-5(2)7;/h1-6,8-11H;3,6H,1-2H3;/q-1;;/b;4-3-;. The van der Waals surface area contributed by atoms with Crippen molar-refractivity contribution in [1.29, 1.82) is 0 Å². The number of nitrogens with zero attached hydrogens (tertiary/aromatic N) is 1. The zero-order valence-electron chi connectivity index (χ0n) is 17.3. The molecule has 0 aliphatic carbocycles. The quantitative estimate of drug-likeness (QED) is 0.0967. The molecule has 0 spiro atoms. The Labute approximate surface area is 203 Å². The van der Waals surface area contributed by atoms with E-state index in [0.717, 1.165) is 27.5 Å². The molecule has 6 rings (SSSR count). The summed E-state index contributed by atoms with van der Waals surface area (Å²) in [6.45, 7) is 2.85. The number of fused-ring (bicyclic) bond motifs is 4. The van der Waals surface area contributed by atoms with Crippen molar-refractivity contribution in [3.63, 3.8) is 0 Å². The fourth-order valence-electron chi connectivity index (χ4n) is 3.87. The number of aliphatic hydroxyl groups excluding tert-OH is 1. The van der Waals surface area contributed by atoms with Crippen molar-refractivity contribution in [2.24, 2.45) is 0 Å². The number of carbonyl (C=O) groups excluding carboxylic acids is 1. The van der Waals surface area contributed by atoms with Crippen LogP contribution in [0.4, 0.5) is 0 Å². The summed E-state index contributed by atoms with van der Waals surface area (Å²) in [6, 6.07) is 22.3. The van der Waals surface area contributed by atoms with Gasteiger partial charge in [0.25, 0.3) is 0 Å². The first-order chi connectivity index (χ1) is 15.0. The van der Waals surface area contributed by atoms with Gasteiger partial charge in [0, 0.05) is 26.2 Å². The summed E-state index contributed by atoms with van der Waals surface area (Å²) in [6.07, 6.45) is 3.14. The molecule has 3 heterocycles. The zero-order valence-corrected chi connectivity index (χ0v) is 21.4. The number of hydrogen-bond acceptors (Lipinski definition) is 4. The van der Waals surface area contributed by atoms with Crippen molar-refractivity contribution < 1.29 is 34.4 Å². The number of hydrogen-bond donors (Lipinski definition) is 1. The molecule has 4 nitrogen and oxygen atoms in total. The normalized spacial score (nSPS) is 11.6. The fourth-order valence-corrected chi connectivity index (χ4v) is 6.42. The van der Waals surface area contributed by atoms with Crippen LogP contribution in [0.5, 0.6) is 0 Å². The Balaban J connectivity index is 0.000000271. The van der Waals surface area contributed by atoms with E-state index >= 15 is 0 Å². The number of furan rings is 1. The summed E-state index contributed by atoms with van der Waals surface area (Å²) in [5.74, 6) is -0.0625. The Kier molecular flexibility index (Phi) is 6.32. The summed E-state index contributed by atoms with van der Waals surface area (Å²) in [5, 5.41) is 14.3. The van der Waals surface area contributed by atoms with Crippen molar-refractivity contribution >= 4 is 72.4 Å². The molecule has 6 aromatic rings. The van der Waals surface area contributed by atoms with Gasteiger partial charge in [-0.15, -0.1) is 0 Å². The predicted molar refractivity (Wildman–Crippen MR) is 127 cm³/mol. The topological polar surface area (TPSA) is 63.3 Å². The molecule has 0 saturated carbocycles. The minimum atomic E-state index is -0.125. The van der Waals surface area contributed by atoms with Gasteiger partial charge in [-0.05, 0) is 13.8 Å². The number of aliphatic hydroxyl groups is 1. The monoisotopic (exact) mass is 665 g/mol. The molecule has 1 N–H and O–H groups in total. The van der Waals surface area contributed by atoms with E-state index in [1.54, 1.807) is 0 Å². The second-order valence-corrected chi connectivity index (χ2v) is 9.55. The number of pyridine rings is 1. The van der Waals surface area contributed by atoms with Crippen LogP contribution in [0.1, 0.15) is 13.8 Å². The van der Waals surface area contributed by atoms with E-state index in [-0.39, 0.29) is 46.2 Å². The first-order valence-electron chi connectivity index (χ1n) is 9.82. The Morgan fingerprint density at radius 3 is 2.59 bits per heavy atom. The Hall–Kier alpha value is -2.75. The average molecular weight is 664 g/mol. The molecule has 3 aromatic carbocycles. The summed E-state index contributed by atoms with van der Waals surface area (Å²) in [4.78, 5) is 14.8. The van der Waals surface area contributed by atoms with Gasteiger partial charge in [0.1, 0.15) is 0 Å². The molecule has 0 atom stereocenters. The summed E-state index contributed by atoms with van der Waals surface area (Å²) < 4.78 is 8.77. The molecule has 32 heavy (non-hydrogen) atoms. The molecule has 0 unspecified atom stereocenters. The zero-order chi connectivity index (χ0) is 21.5. The fraction of sp³-hybridized carbons (Fsp3) is 0.0769. The number of allylic oxidation sites excluding steroid dienone is 2. The second kappa shape index (κ2) is 9.01. The van der Waals surface area contributed by atoms with Gasteiger partial charge in [0.05, 0.1) is 5.76 Å². The number of rotatable bonds is 1. The Morgan fingerprint density at radius 1 is 1.06 bits per heavy atom. The molecule has 0 saturated heterocycles. The second-order valence-electron chi connectivity index (χ2n) is 7.34. The average Bonchev–Trinajstić information content (AvgIpc) is 3.05. The van der Waals surface area contributed by atoms with Crippen LogP contribution < -0.4 is 0 Å². The van der Waals surface area contributed by atoms with Crippen LogP contribution in [0.15, 0.2) is 77.0 Å². The van der Waals surface area contributed by atoms with Crippen LogP contribution in [-0.4, -0.2) is 30.4 Å². The third kappa shape index (κ3) is 3.92. The Morgan fingerprint density at radius 2 is 1.84 bits per heavy atom. The number of ketones is 1. The number of carbonyl (C=O) groups is 1. The van der Waals surface area contributed by atoms with Gasteiger partial charge in [-0.1, -0.05) is 0 Å². The molecular formula is C26H18IrNO3Se-. The molecule has 1 radical (unpaired) electrons. The van der Waals surface area contributed by atoms with Gasteiger partial charge < -0.3 is 5.11 Å². The molecule has 0 bridgehead atoms. The summed E-state index contributed by atoms with van der Waals surface area (Å²) in [5.41, 5.74) is 2.94. The molecule has 161 valence electrons. The van der Waals surface area contributed by atoms with Gasteiger partial charge in [0.15, 0.2) is 5.78 Å². The third-order valence-electron chi connectivity index (χ3n) is 5.03. The van der Waals surface area contributed by atoms with Crippen molar-refractivity contribution in [2.45, 2.75) is 13.8 Å². The molecule has 0 fully saturated rings. The van der Waals surface area contributed by atoms with E-state index in [4.69, 9.17) is 14.5 Å². The number of aromatic nitrogens is 1. The van der Waals surface area contributed by atoms with Gasteiger partial charge in [-0.3, -0.25) is 4.79 Å². The maximum atomic E-state index is 10.0. The van der Waals surface area contributed by atoms with E-state index in [1.807, 2.05) is 18.3 Å². The van der Waals surface area contributed by atoms with Crippen molar-refractivity contribution in [2.75, 3.05) is 0 Å². The molecule has 0 aliphatic rings.